The van der Waals surface area contributed by atoms with Gasteiger partial charge in [0.05, 0.1) is 30.4 Å². The smallest absolute Gasteiger partial charge is 0.151 e. The maximum absolute atomic E-state index is 13.7. The molecule has 0 radical (unpaired) electrons. The number of hydrogen-bond acceptors (Lipinski definition) is 4. The number of halogens is 1. The van der Waals surface area contributed by atoms with Crippen molar-refractivity contribution in [3.63, 3.8) is 0 Å². The van der Waals surface area contributed by atoms with Crippen LogP contribution in [0, 0.1) is 5.82 Å². The zero-order valence-electron chi connectivity index (χ0n) is 10.0. The molecule has 18 heavy (non-hydrogen) atoms. The zero-order chi connectivity index (χ0) is 13.0. The Labute approximate surface area is 105 Å². The van der Waals surface area contributed by atoms with E-state index in [0.717, 1.165) is 0 Å². The Morgan fingerprint density at radius 1 is 1.22 bits per heavy atom. The Balaban J connectivity index is 2.36. The van der Waals surface area contributed by atoms with Crippen LogP contribution in [-0.2, 0) is 6.61 Å². The topological polar surface area (TPSA) is 49.2 Å². The summed E-state index contributed by atoms with van der Waals surface area (Å²) in [5.41, 5.74) is 0.953. The third kappa shape index (κ3) is 2.46. The fourth-order valence-corrected chi connectivity index (χ4v) is 1.70. The largest absolute Gasteiger partial charge is 0.390 e. The van der Waals surface area contributed by atoms with Crippen molar-refractivity contribution >= 4 is 11.5 Å². The minimum Gasteiger partial charge on any atom is -0.390 e. The lowest BCUT2D eigenvalue weighted by Crippen LogP contribution is -2.19. The Bertz CT molecular complexity index is 516. The van der Waals surface area contributed by atoms with E-state index in [1.807, 2.05) is 6.92 Å². The molecule has 0 aliphatic heterocycles. The first kappa shape index (κ1) is 12.4. The van der Waals surface area contributed by atoms with Gasteiger partial charge in [-0.05, 0) is 19.1 Å². The van der Waals surface area contributed by atoms with E-state index in [1.54, 1.807) is 23.1 Å². The maximum Gasteiger partial charge on any atom is 0.151 e. The van der Waals surface area contributed by atoms with Crippen molar-refractivity contribution in [1.82, 2.24) is 9.97 Å². The van der Waals surface area contributed by atoms with Crippen LogP contribution in [0.15, 0.2) is 36.7 Å². The van der Waals surface area contributed by atoms with Crippen LogP contribution in [0.2, 0.25) is 0 Å². The molecule has 0 spiro atoms. The number of anilines is 2. The number of rotatable bonds is 4. The number of hydrogen-bond donors (Lipinski definition) is 1. The second kappa shape index (κ2) is 5.55. The molecule has 2 rings (SSSR count). The summed E-state index contributed by atoms with van der Waals surface area (Å²) in [5.74, 6) is 0.257. The molecular formula is C13H14FN3O. The summed E-state index contributed by atoms with van der Waals surface area (Å²) in [6, 6.07) is 6.53. The summed E-state index contributed by atoms with van der Waals surface area (Å²) in [5, 5.41) is 8.91. The molecule has 1 aromatic carbocycles. The summed E-state index contributed by atoms with van der Waals surface area (Å²) in [7, 11) is 0. The van der Waals surface area contributed by atoms with Crippen LogP contribution >= 0.6 is 0 Å². The van der Waals surface area contributed by atoms with Crippen LogP contribution in [0.4, 0.5) is 15.9 Å². The lowest BCUT2D eigenvalue weighted by atomic mass is 10.2. The highest BCUT2D eigenvalue weighted by Crippen LogP contribution is 2.25. The number of aliphatic hydroxyl groups is 1. The molecule has 1 heterocycles. The van der Waals surface area contributed by atoms with Crippen LogP contribution in [0.3, 0.4) is 0 Å². The Morgan fingerprint density at radius 3 is 2.56 bits per heavy atom. The molecule has 5 heteroatoms. The summed E-state index contributed by atoms with van der Waals surface area (Å²) < 4.78 is 13.7. The van der Waals surface area contributed by atoms with Gasteiger partial charge in [0, 0.05) is 6.54 Å². The molecule has 0 atom stereocenters. The zero-order valence-corrected chi connectivity index (χ0v) is 10.0. The monoisotopic (exact) mass is 247 g/mol. The molecule has 0 fully saturated rings. The fourth-order valence-electron chi connectivity index (χ4n) is 1.70. The molecule has 4 nitrogen and oxygen atoms in total. The predicted molar refractivity (Wildman–Crippen MR) is 67.0 cm³/mol. The second-order valence-electron chi connectivity index (χ2n) is 3.72. The molecule has 1 N–H and O–H groups in total. The molecule has 0 aliphatic carbocycles. The fraction of sp³-hybridized carbons (Fsp3) is 0.231. The predicted octanol–water partition coefficient (Wildman–Crippen LogP) is 2.27. The normalized spacial score (nSPS) is 10.4. The van der Waals surface area contributed by atoms with Gasteiger partial charge in [0.1, 0.15) is 5.82 Å². The average molecular weight is 247 g/mol. The molecule has 0 aliphatic rings. The van der Waals surface area contributed by atoms with Crippen molar-refractivity contribution < 1.29 is 9.50 Å². The third-order valence-electron chi connectivity index (χ3n) is 2.59. The van der Waals surface area contributed by atoms with Gasteiger partial charge in [-0.2, -0.15) is 0 Å². The van der Waals surface area contributed by atoms with Crippen molar-refractivity contribution in [2.45, 2.75) is 13.5 Å². The first-order valence-electron chi connectivity index (χ1n) is 5.70. The van der Waals surface area contributed by atoms with Crippen LogP contribution in [0.25, 0.3) is 0 Å². The van der Waals surface area contributed by atoms with Gasteiger partial charge >= 0.3 is 0 Å². The highest BCUT2D eigenvalue weighted by Gasteiger charge is 2.12. The lowest BCUT2D eigenvalue weighted by molar-refractivity contribution is 0.276. The molecule has 0 saturated heterocycles. The Morgan fingerprint density at radius 2 is 2.00 bits per heavy atom. The van der Waals surface area contributed by atoms with E-state index in [0.29, 0.717) is 23.7 Å². The number of aromatic nitrogens is 2. The van der Waals surface area contributed by atoms with Gasteiger partial charge in [-0.3, -0.25) is 4.98 Å². The number of benzene rings is 1. The molecule has 1 aromatic heterocycles. The van der Waals surface area contributed by atoms with Crippen molar-refractivity contribution in [2.75, 3.05) is 11.4 Å². The van der Waals surface area contributed by atoms with Crippen molar-refractivity contribution in [3.8, 4) is 0 Å². The van der Waals surface area contributed by atoms with E-state index in [1.165, 1.54) is 18.5 Å². The van der Waals surface area contributed by atoms with Gasteiger partial charge < -0.3 is 10.0 Å². The number of para-hydroxylation sites is 1. The van der Waals surface area contributed by atoms with E-state index in [9.17, 15) is 4.39 Å². The van der Waals surface area contributed by atoms with E-state index < -0.39 is 0 Å². The second-order valence-corrected chi connectivity index (χ2v) is 3.72. The average Bonchev–Trinajstić information content (AvgIpc) is 2.42. The van der Waals surface area contributed by atoms with Gasteiger partial charge in [0.15, 0.2) is 5.82 Å². The van der Waals surface area contributed by atoms with Crippen LogP contribution < -0.4 is 4.90 Å². The van der Waals surface area contributed by atoms with Gasteiger partial charge in [0.25, 0.3) is 0 Å². The molecule has 0 saturated carbocycles. The van der Waals surface area contributed by atoms with Crippen molar-refractivity contribution in [2.24, 2.45) is 0 Å². The standard InChI is InChI=1S/C13H14FN3O/c1-2-17(12-6-4-3-5-11(12)14)13-8-15-10(9-18)7-16-13/h3-8,18H,2,9H2,1H3. The van der Waals surface area contributed by atoms with Crippen LogP contribution in [-0.4, -0.2) is 21.6 Å². The van der Waals surface area contributed by atoms with E-state index in [-0.39, 0.29) is 12.4 Å². The summed E-state index contributed by atoms with van der Waals surface area (Å²) in [6.45, 7) is 2.33. The summed E-state index contributed by atoms with van der Waals surface area (Å²) in [4.78, 5) is 9.95. The Hall–Kier alpha value is -2.01. The number of aliphatic hydroxyl groups excluding tert-OH is 1. The van der Waals surface area contributed by atoms with Gasteiger partial charge in [0.2, 0.25) is 0 Å². The van der Waals surface area contributed by atoms with E-state index in [2.05, 4.69) is 9.97 Å². The van der Waals surface area contributed by atoms with Crippen LogP contribution in [0.1, 0.15) is 12.6 Å². The first-order chi connectivity index (χ1) is 8.76. The quantitative estimate of drug-likeness (QED) is 0.900. The highest BCUT2D eigenvalue weighted by molar-refractivity contribution is 5.59. The molecule has 0 bridgehead atoms. The van der Waals surface area contributed by atoms with E-state index in [4.69, 9.17) is 5.11 Å². The van der Waals surface area contributed by atoms with Gasteiger partial charge in [-0.1, -0.05) is 12.1 Å². The lowest BCUT2D eigenvalue weighted by Gasteiger charge is -2.22. The molecule has 0 unspecified atom stereocenters. The third-order valence-corrected chi connectivity index (χ3v) is 2.59. The van der Waals surface area contributed by atoms with Gasteiger partial charge in [-0.15, -0.1) is 0 Å². The minimum atomic E-state index is -0.299. The van der Waals surface area contributed by atoms with Crippen molar-refractivity contribution in [3.05, 3.63) is 48.2 Å². The first-order valence-corrected chi connectivity index (χ1v) is 5.70. The van der Waals surface area contributed by atoms with Gasteiger partial charge in [-0.25, -0.2) is 9.37 Å². The SMILES string of the molecule is CCN(c1cnc(CO)cn1)c1ccccc1F. The van der Waals surface area contributed by atoms with Crippen LogP contribution in [0.5, 0.6) is 0 Å². The molecule has 2 aromatic rings. The highest BCUT2D eigenvalue weighted by atomic mass is 19.1. The summed E-state index contributed by atoms with van der Waals surface area (Å²) in [6.07, 6.45) is 3.01. The summed E-state index contributed by atoms with van der Waals surface area (Å²) >= 11 is 0. The molecule has 0 amide bonds. The number of nitrogens with zero attached hydrogens (tertiary/aromatic N) is 3. The maximum atomic E-state index is 13.7. The van der Waals surface area contributed by atoms with E-state index >= 15 is 0 Å². The minimum absolute atomic E-state index is 0.154. The molecular weight excluding hydrogens is 233 g/mol. The molecule has 94 valence electrons. The Kier molecular flexibility index (Phi) is 3.84. The van der Waals surface area contributed by atoms with Crippen molar-refractivity contribution in [1.29, 1.82) is 0 Å².